The third-order valence-corrected chi connectivity index (χ3v) is 10.1. The Morgan fingerprint density at radius 1 is 0.980 bits per heavy atom. The number of methoxy groups -OCH3 is 1. The van der Waals surface area contributed by atoms with Gasteiger partial charge in [-0.05, 0) is 78.6 Å². The van der Waals surface area contributed by atoms with Crippen LogP contribution in [0.15, 0.2) is 72.8 Å². The Kier molecular flexibility index (Phi) is 14.1. The summed E-state index contributed by atoms with van der Waals surface area (Å²) in [5, 5.41) is 20.0. The molecule has 51 heavy (non-hydrogen) atoms. The largest absolute Gasteiger partial charge is 0.391 e. The molecule has 3 amide bonds. The van der Waals surface area contributed by atoms with E-state index in [1.807, 2.05) is 32.0 Å². The Labute approximate surface area is 301 Å². The van der Waals surface area contributed by atoms with Gasteiger partial charge in [-0.2, -0.15) is 0 Å². The number of carbonyl (C=O) groups is 3. The van der Waals surface area contributed by atoms with Crippen molar-refractivity contribution in [3.05, 3.63) is 95.1 Å². The van der Waals surface area contributed by atoms with Crippen LogP contribution in [0.25, 0.3) is 0 Å². The highest BCUT2D eigenvalue weighted by atomic mass is 32.2. The van der Waals surface area contributed by atoms with E-state index in [0.717, 1.165) is 46.5 Å². The van der Waals surface area contributed by atoms with Crippen molar-refractivity contribution in [2.75, 3.05) is 36.6 Å². The predicted molar refractivity (Wildman–Crippen MR) is 197 cm³/mol. The van der Waals surface area contributed by atoms with Crippen LogP contribution in [0.4, 0.5) is 11.4 Å². The van der Waals surface area contributed by atoms with Gasteiger partial charge in [0.25, 0.3) is 5.91 Å². The smallest absolute Gasteiger partial charge is 0.251 e. The van der Waals surface area contributed by atoms with Gasteiger partial charge in [-0.3, -0.25) is 18.7 Å². The second-order valence-corrected chi connectivity index (χ2v) is 15.4. The predicted octanol–water partition coefficient (Wildman–Crippen LogP) is 3.82. The normalized spacial score (nSPS) is 17.5. The van der Waals surface area contributed by atoms with Crippen LogP contribution >= 0.6 is 0 Å². The van der Waals surface area contributed by atoms with Crippen LogP contribution < -0.4 is 20.3 Å². The number of nitrogens with zero attached hydrogens (tertiary/aromatic N) is 1. The number of anilines is 2. The van der Waals surface area contributed by atoms with Gasteiger partial charge >= 0.3 is 0 Å². The summed E-state index contributed by atoms with van der Waals surface area (Å²) < 4.78 is 37.5. The molecule has 0 fully saturated rings. The average molecular weight is 723 g/mol. The number of nitrogens with one attached hydrogen (secondary N) is 3. The minimum Gasteiger partial charge on any atom is -0.391 e. The summed E-state index contributed by atoms with van der Waals surface area (Å²) in [6.45, 7) is 3.74. The molecule has 0 aliphatic carbocycles. The first-order valence-corrected chi connectivity index (χ1v) is 19.0. The molecule has 0 unspecified atom stereocenters. The van der Waals surface area contributed by atoms with Crippen molar-refractivity contribution in [1.29, 1.82) is 0 Å². The van der Waals surface area contributed by atoms with E-state index in [2.05, 4.69) is 28.1 Å². The molecule has 0 radical (unpaired) electrons. The molecule has 1 aliphatic heterocycles. The number of sulfonamides is 1. The molecule has 13 heteroatoms. The van der Waals surface area contributed by atoms with Gasteiger partial charge in [0.1, 0.15) is 12.1 Å². The third-order valence-electron chi connectivity index (χ3n) is 8.94. The zero-order chi connectivity index (χ0) is 37.1. The summed E-state index contributed by atoms with van der Waals surface area (Å²) >= 11 is 0. The monoisotopic (exact) mass is 722 g/mol. The van der Waals surface area contributed by atoms with Crippen molar-refractivity contribution in [2.24, 2.45) is 5.92 Å². The number of hydrogen-bond donors (Lipinski definition) is 4. The summed E-state index contributed by atoms with van der Waals surface area (Å²) in [7, 11) is -0.848. The van der Waals surface area contributed by atoms with Crippen molar-refractivity contribution < 1.29 is 37.4 Å². The van der Waals surface area contributed by atoms with Crippen LogP contribution in [0, 0.1) is 5.92 Å². The first kappa shape index (κ1) is 39.5. The van der Waals surface area contributed by atoms with E-state index in [-0.39, 0.29) is 31.1 Å². The van der Waals surface area contributed by atoms with Crippen molar-refractivity contribution in [2.45, 2.75) is 76.9 Å². The minimum absolute atomic E-state index is 0.0981. The summed E-state index contributed by atoms with van der Waals surface area (Å²) in [6, 6.07) is 20.1. The Hall–Kier alpha value is -4.30. The highest BCUT2D eigenvalue weighted by Crippen LogP contribution is 2.23. The number of aliphatic hydroxyl groups is 1. The molecule has 0 saturated carbocycles. The Bertz CT molecular complexity index is 1750. The van der Waals surface area contributed by atoms with Crippen molar-refractivity contribution in [3.8, 4) is 0 Å². The van der Waals surface area contributed by atoms with E-state index >= 15 is 0 Å². The number of benzene rings is 3. The number of rotatable bonds is 11. The summed E-state index contributed by atoms with van der Waals surface area (Å²) in [5.74, 6) is -1.80. The molecule has 4 bridgehead atoms. The first-order valence-electron chi connectivity index (χ1n) is 17.2. The number of para-hydroxylation sites is 1. The first-order chi connectivity index (χ1) is 24.2. The van der Waals surface area contributed by atoms with Crippen LogP contribution in [-0.2, 0) is 48.5 Å². The van der Waals surface area contributed by atoms with E-state index in [0.29, 0.717) is 17.8 Å². The highest BCUT2D eigenvalue weighted by molar-refractivity contribution is 7.92. The lowest BCUT2D eigenvalue weighted by Crippen LogP contribution is -2.53. The molecule has 4 rings (SSSR count). The molecule has 276 valence electrons. The van der Waals surface area contributed by atoms with E-state index in [1.54, 1.807) is 36.4 Å². The number of aryl methyl sites for hydroxylation is 2. The van der Waals surface area contributed by atoms with Gasteiger partial charge in [0, 0.05) is 31.8 Å². The number of amides is 3. The maximum atomic E-state index is 13.8. The molecular weight excluding hydrogens is 673 g/mol. The number of aliphatic hydroxyl groups excluding tert-OH is 1. The zero-order valence-electron chi connectivity index (χ0n) is 29.9. The van der Waals surface area contributed by atoms with Crippen LogP contribution in [-0.4, -0.2) is 82.6 Å². The Morgan fingerprint density at radius 2 is 1.67 bits per heavy atom. The van der Waals surface area contributed by atoms with Crippen molar-refractivity contribution >= 4 is 39.1 Å². The summed E-state index contributed by atoms with van der Waals surface area (Å²) in [6.07, 6.45) is 1.59. The SMILES string of the molecule is CO[C@H](C[C@H](O)[C@@H]1COCc2cccc(c2)CCCCc2cc(cc(N(C)S(C)(=O)=O)c2)C(=O)N1)C(=O)N[C@H](C(=O)Nc1ccccc1)C(C)C. The maximum Gasteiger partial charge on any atom is 0.251 e. The number of hydrogen-bond acceptors (Lipinski definition) is 8. The topological polar surface area (TPSA) is 163 Å². The van der Waals surface area contributed by atoms with Gasteiger partial charge in [-0.25, -0.2) is 8.42 Å². The van der Waals surface area contributed by atoms with E-state index < -0.39 is 52.0 Å². The van der Waals surface area contributed by atoms with Gasteiger partial charge in [-0.15, -0.1) is 0 Å². The standard InChI is InChI=1S/C38H50N4O8S/c1-25(2)35(38(46)39-30-16-7-6-8-17-30)41-37(45)34(49-4)22-33(43)32-24-50-23-28-15-11-14-26(18-28)12-9-10-13-27-19-29(36(44)40-32)21-31(20-27)42(3)51(5,47)48/h6-8,11,14-21,25,32-35,43H,9-10,12-13,22-24H2,1-5H3,(H,39,46)(H,40,44)(H,41,45)/t32-,33-,34+,35-/m0/s1. The molecule has 4 N–H and O–H groups in total. The number of carbonyl (C=O) groups excluding carboxylic acids is 3. The van der Waals surface area contributed by atoms with E-state index in [1.165, 1.54) is 20.2 Å². The fourth-order valence-electron chi connectivity index (χ4n) is 5.88. The van der Waals surface area contributed by atoms with Crippen molar-refractivity contribution in [3.63, 3.8) is 0 Å². The van der Waals surface area contributed by atoms with Gasteiger partial charge in [0.15, 0.2) is 0 Å². The minimum atomic E-state index is -3.61. The van der Waals surface area contributed by atoms with Crippen LogP contribution in [0.2, 0.25) is 0 Å². The second-order valence-electron chi connectivity index (χ2n) is 13.4. The quantitative estimate of drug-likeness (QED) is 0.232. The molecule has 3 aromatic rings. The molecule has 1 aliphatic rings. The van der Waals surface area contributed by atoms with Gasteiger partial charge in [-0.1, -0.05) is 56.3 Å². The molecule has 0 saturated heterocycles. The molecule has 0 aromatic heterocycles. The highest BCUT2D eigenvalue weighted by Gasteiger charge is 2.32. The number of ether oxygens (including phenoxy) is 2. The van der Waals surface area contributed by atoms with E-state index in [9.17, 15) is 27.9 Å². The fourth-order valence-corrected chi connectivity index (χ4v) is 6.37. The average Bonchev–Trinajstić information content (AvgIpc) is 3.09. The molecular formula is C38H50N4O8S. The van der Waals surface area contributed by atoms with Gasteiger partial charge in [0.2, 0.25) is 21.8 Å². The molecule has 0 spiro atoms. The lowest BCUT2D eigenvalue weighted by atomic mass is 9.99. The molecule has 4 atom stereocenters. The number of fused-ring (bicyclic) bond motifs is 4. The van der Waals surface area contributed by atoms with Crippen LogP contribution in [0.3, 0.4) is 0 Å². The second kappa shape index (κ2) is 18.3. The Morgan fingerprint density at radius 3 is 2.33 bits per heavy atom. The fraction of sp³-hybridized carbons (Fsp3) is 0.447. The van der Waals surface area contributed by atoms with Crippen molar-refractivity contribution in [1.82, 2.24) is 10.6 Å². The van der Waals surface area contributed by atoms with Crippen LogP contribution in [0.5, 0.6) is 0 Å². The van der Waals surface area contributed by atoms with Gasteiger partial charge in [0.05, 0.1) is 37.3 Å². The maximum absolute atomic E-state index is 13.8. The zero-order valence-corrected chi connectivity index (χ0v) is 30.7. The lowest BCUT2D eigenvalue weighted by Gasteiger charge is -2.28. The lowest BCUT2D eigenvalue weighted by molar-refractivity contribution is -0.136. The molecule has 3 aromatic carbocycles. The Balaban J connectivity index is 1.57. The third kappa shape index (κ3) is 11.6. The molecule has 1 heterocycles. The summed E-state index contributed by atoms with van der Waals surface area (Å²) in [4.78, 5) is 40.4. The summed E-state index contributed by atoms with van der Waals surface area (Å²) in [5.41, 5.74) is 4.05. The van der Waals surface area contributed by atoms with Gasteiger partial charge < -0.3 is 30.5 Å². The molecule has 12 nitrogen and oxygen atoms in total. The van der Waals surface area contributed by atoms with Crippen LogP contribution in [0.1, 0.15) is 60.2 Å². The van der Waals surface area contributed by atoms with E-state index in [4.69, 9.17) is 9.47 Å².